The van der Waals surface area contributed by atoms with E-state index in [0.29, 0.717) is 13.2 Å². The Morgan fingerprint density at radius 2 is 1.42 bits per heavy atom. The van der Waals surface area contributed by atoms with Gasteiger partial charge in [0.2, 0.25) is 0 Å². The molecule has 3 aromatic rings. The van der Waals surface area contributed by atoms with E-state index in [0.717, 1.165) is 11.1 Å². The van der Waals surface area contributed by atoms with Crippen molar-refractivity contribution < 1.29 is 14.2 Å². The molecule has 0 saturated heterocycles. The molecular weight excluding hydrogens is 396 g/mol. The number of aromatic nitrogens is 2. The number of nitrogens with zero attached hydrogens (tertiary/aromatic N) is 1. The number of aromatic amines is 1. The van der Waals surface area contributed by atoms with Crippen LogP contribution in [0, 0.1) is 0 Å². The van der Waals surface area contributed by atoms with Gasteiger partial charge in [-0.15, -0.1) is 0 Å². The van der Waals surface area contributed by atoms with Crippen molar-refractivity contribution in [3.8, 4) is 0 Å². The van der Waals surface area contributed by atoms with Crippen LogP contribution in [0.15, 0.2) is 95.2 Å². The maximum atomic E-state index is 12.1. The lowest BCUT2D eigenvalue weighted by Crippen LogP contribution is -2.35. The zero-order valence-corrected chi connectivity index (χ0v) is 17.2. The summed E-state index contributed by atoms with van der Waals surface area (Å²) in [5.74, 6) is 0. The van der Waals surface area contributed by atoms with Crippen molar-refractivity contribution in [3.63, 3.8) is 0 Å². The largest absolute Gasteiger partial charge is 0.374 e. The summed E-state index contributed by atoms with van der Waals surface area (Å²) in [7, 11) is 0. The molecule has 0 fully saturated rings. The van der Waals surface area contributed by atoms with Gasteiger partial charge in [-0.05, 0) is 17.2 Å². The quantitative estimate of drug-likeness (QED) is 0.454. The molecule has 0 aliphatic carbocycles. The highest BCUT2D eigenvalue weighted by atomic mass is 16.6. The van der Waals surface area contributed by atoms with Crippen LogP contribution in [0.3, 0.4) is 0 Å². The van der Waals surface area contributed by atoms with E-state index >= 15 is 0 Å². The number of ether oxygens (including phenoxy) is 3. The molecule has 7 heteroatoms. The normalized spacial score (nSPS) is 12.0. The minimum atomic E-state index is -0.782. The minimum absolute atomic E-state index is 0.256. The highest BCUT2D eigenvalue weighted by Crippen LogP contribution is 2.13. The second-order valence-corrected chi connectivity index (χ2v) is 6.90. The van der Waals surface area contributed by atoms with Crippen molar-refractivity contribution in [3.05, 3.63) is 118 Å². The molecule has 31 heavy (non-hydrogen) atoms. The third kappa shape index (κ3) is 7.18. The van der Waals surface area contributed by atoms with Crippen LogP contribution in [-0.4, -0.2) is 28.9 Å². The van der Waals surface area contributed by atoms with E-state index in [4.69, 9.17) is 14.2 Å². The lowest BCUT2D eigenvalue weighted by molar-refractivity contribution is -0.105. The Morgan fingerprint density at radius 1 is 0.871 bits per heavy atom. The fraction of sp³-hybridized carbons (Fsp3) is 0.250. The van der Waals surface area contributed by atoms with E-state index in [9.17, 15) is 9.59 Å². The summed E-state index contributed by atoms with van der Waals surface area (Å²) >= 11 is 0. The molecule has 0 bridgehead atoms. The molecule has 0 saturated carbocycles. The second kappa shape index (κ2) is 11.8. The Labute approximate surface area is 180 Å². The first-order valence-corrected chi connectivity index (χ1v) is 9.98. The summed E-state index contributed by atoms with van der Waals surface area (Å²) in [6, 6.07) is 20.9. The van der Waals surface area contributed by atoms with Gasteiger partial charge in [-0.25, -0.2) is 4.79 Å². The van der Waals surface area contributed by atoms with Crippen LogP contribution >= 0.6 is 0 Å². The molecule has 0 aliphatic heterocycles. The van der Waals surface area contributed by atoms with Crippen LogP contribution in [0.25, 0.3) is 0 Å². The Kier molecular flexibility index (Phi) is 8.54. The van der Waals surface area contributed by atoms with Gasteiger partial charge in [-0.2, -0.15) is 0 Å². The topological polar surface area (TPSA) is 82.6 Å². The van der Waals surface area contributed by atoms with Crippen molar-refractivity contribution >= 4 is 0 Å². The monoisotopic (exact) mass is 422 g/mol. The van der Waals surface area contributed by atoms with E-state index < -0.39 is 23.6 Å². The van der Waals surface area contributed by atoms with E-state index in [2.05, 4.69) is 11.6 Å². The van der Waals surface area contributed by atoms with Crippen LogP contribution in [0.5, 0.6) is 0 Å². The molecule has 3 rings (SSSR count). The van der Waals surface area contributed by atoms with Gasteiger partial charge in [0.1, 0.15) is 6.10 Å². The average molecular weight is 422 g/mol. The van der Waals surface area contributed by atoms with Crippen molar-refractivity contribution in [1.29, 1.82) is 0 Å². The number of H-pyrrole nitrogens is 1. The van der Waals surface area contributed by atoms with Gasteiger partial charge in [0.15, 0.2) is 6.23 Å². The first kappa shape index (κ1) is 22.4. The summed E-state index contributed by atoms with van der Waals surface area (Å²) in [5, 5.41) is 0. The van der Waals surface area contributed by atoms with Crippen molar-refractivity contribution in [2.75, 3.05) is 13.2 Å². The fourth-order valence-electron chi connectivity index (χ4n) is 2.95. The van der Waals surface area contributed by atoms with Crippen LogP contribution < -0.4 is 11.2 Å². The van der Waals surface area contributed by atoms with Crippen molar-refractivity contribution in [2.24, 2.45) is 0 Å². The average Bonchev–Trinajstić information content (AvgIpc) is 2.79. The van der Waals surface area contributed by atoms with E-state index in [1.807, 2.05) is 60.7 Å². The Balaban J connectivity index is 1.64. The summed E-state index contributed by atoms with van der Waals surface area (Å²) in [5.41, 5.74) is 1.04. The molecule has 1 N–H and O–H groups in total. The van der Waals surface area contributed by atoms with Gasteiger partial charge in [0.25, 0.3) is 5.56 Å². The molecule has 2 aromatic carbocycles. The highest BCUT2D eigenvalue weighted by molar-refractivity contribution is 5.14. The summed E-state index contributed by atoms with van der Waals surface area (Å²) in [6.45, 7) is 5.12. The lowest BCUT2D eigenvalue weighted by Gasteiger charge is -2.24. The minimum Gasteiger partial charge on any atom is -0.374 e. The number of nitrogens with one attached hydrogen (secondary N) is 1. The highest BCUT2D eigenvalue weighted by Gasteiger charge is 2.18. The summed E-state index contributed by atoms with van der Waals surface area (Å²) < 4.78 is 19.0. The lowest BCUT2D eigenvalue weighted by atomic mass is 10.2. The van der Waals surface area contributed by atoms with Crippen LogP contribution in [0.4, 0.5) is 0 Å². The van der Waals surface area contributed by atoms with Gasteiger partial charge in [-0.3, -0.25) is 14.3 Å². The molecular formula is C24H26N2O5. The van der Waals surface area contributed by atoms with Gasteiger partial charge in [-0.1, -0.05) is 67.2 Å². The Hall–Kier alpha value is -3.26. The molecule has 162 valence electrons. The first-order valence-electron chi connectivity index (χ1n) is 9.98. The van der Waals surface area contributed by atoms with E-state index in [-0.39, 0.29) is 13.2 Å². The molecule has 0 amide bonds. The first-order chi connectivity index (χ1) is 15.2. The maximum absolute atomic E-state index is 12.1. The molecule has 0 radical (unpaired) electrons. The number of hydrogen-bond donors (Lipinski definition) is 1. The molecule has 7 nitrogen and oxygen atoms in total. The molecule has 1 aromatic heterocycles. The number of rotatable bonds is 12. The zero-order chi connectivity index (χ0) is 21.9. The fourth-order valence-corrected chi connectivity index (χ4v) is 2.95. The van der Waals surface area contributed by atoms with Gasteiger partial charge in [0.05, 0.1) is 26.4 Å². The molecule has 1 unspecified atom stereocenters. The second-order valence-electron chi connectivity index (χ2n) is 6.90. The predicted molar refractivity (Wildman–Crippen MR) is 118 cm³/mol. The molecule has 0 aliphatic rings. The predicted octanol–water partition coefficient (Wildman–Crippen LogP) is 3.04. The van der Waals surface area contributed by atoms with Crippen molar-refractivity contribution in [1.82, 2.24) is 9.55 Å². The van der Waals surface area contributed by atoms with Crippen LogP contribution in [-0.2, 0) is 27.4 Å². The molecule has 0 spiro atoms. The molecule has 1 heterocycles. The number of hydrogen-bond acceptors (Lipinski definition) is 5. The Morgan fingerprint density at radius 3 is 1.90 bits per heavy atom. The summed E-state index contributed by atoms with van der Waals surface area (Å²) in [4.78, 5) is 25.7. The van der Waals surface area contributed by atoms with Gasteiger partial charge >= 0.3 is 5.69 Å². The van der Waals surface area contributed by atoms with E-state index in [1.165, 1.54) is 22.9 Å². The van der Waals surface area contributed by atoms with Gasteiger partial charge in [0, 0.05) is 12.3 Å². The molecule has 1 atom stereocenters. The maximum Gasteiger partial charge on any atom is 0.330 e. The summed E-state index contributed by atoms with van der Waals surface area (Å²) in [6.07, 6.45) is 1.62. The van der Waals surface area contributed by atoms with Gasteiger partial charge < -0.3 is 14.2 Å². The smallest absolute Gasteiger partial charge is 0.330 e. The Bertz CT molecular complexity index is 1000. The third-order valence-corrected chi connectivity index (χ3v) is 4.49. The van der Waals surface area contributed by atoms with Crippen LogP contribution in [0.1, 0.15) is 17.4 Å². The van der Waals surface area contributed by atoms with Crippen LogP contribution in [0.2, 0.25) is 0 Å². The van der Waals surface area contributed by atoms with Crippen molar-refractivity contribution in [2.45, 2.75) is 25.5 Å². The SMILES string of the molecule is C=CC(OC(COCc1ccccc1)COCc1ccccc1)n1ccc(=O)[nH]c1=O. The number of benzene rings is 2. The van der Waals surface area contributed by atoms with E-state index in [1.54, 1.807) is 0 Å². The zero-order valence-electron chi connectivity index (χ0n) is 17.2. The standard InChI is InChI=1S/C24H26N2O5/c1-2-23(26-14-13-22(27)25-24(26)28)31-21(17-29-15-19-9-5-3-6-10-19)18-30-16-20-11-7-4-8-12-20/h2-14,21,23H,1,15-18H2,(H,25,27,28). The third-order valence-electron chi connectivity index (χ3n) is 4.49.